The molecule has 1 aliphatic rings. The van der Waals surface area contributed by atoms with Crippen molar-refractivity contribution in [3.8, 4) is 5.75 Å². The molecule has 0 aliphatic carbocycles. The average molecular weight is 283 g/mol. The summed E-state index contributed by atoms with van der Waals surface area (Å²) in [4.78, 5) is 12.2. The summed E-state index contributed by atoms with van der Waals surface area (Å²) >= 11 is 5.97. The largest absolute Gasteiger partial charge is 0.492 e. The summed E-state index contributed by atoms with van der Waals surface area (Å²) in [6, 6.07) is 5.25. The minimum Gasteiger partial charge on any atom is -0.492 e. The Hall–Kier alpha value is -1.26. The molecule has 104 valence electrons. The topological polar surface area (TPSA) is 50.4 Å². The van der Waals surface area contributed by atoms with Crippen molar-refractivity contribution in [2.45, 2.75) is 13.8 Å². The number of carbonyl (C=O) groups excluding carboxylic acids is 1. The van der Waals surface area contributed by atoms with Gasteiger partial charge in [-0.25, -0.2) is 0 Å². The highest BCUT2D eigenvalue weighted by molar-refractivity contribution is 6.31. The maximum absolute atomic E-state index is 12.2. The zero-order valence-corrected chi connectivity index (χ0v) is 12.0. The van der Waals surface area contributed by atoms with E-state index in [1.165, 1.54) is 0 Å². The number of benzene rings is 1. The van der Waals surface area contributed by atoms with Gasteiger partial charge in [-0.3, -0.25) is 4.79 Å². The third-order valence-electron chi connectivity index (χ3n) is 3.35. The van der Waals surface area contributed by atoms with Gasteiger partial charge in [0.25, 0.3) is 0 Å². The second-order valence-electron chi connectivity index (χ2n) is 4.80. The fourth-order valence-corrected chi connectivity index (χ4v) is 2.44. The zero-order chi connectivity index (χ0) is 13.8. The number of ether oxygens (including phenoxy) is 1. The lowest BCUT2D eigenvalue weighted by atomic mass is 9.97. The normalized spacial score (nSPS) is 22.3. The maximum atomic E-state index is 12.2. The summed E-state index contributed by atoms with van der Waals surface area (Å²) in [5.74, 6) is 1.00. The number of amides is 1. The Balaban J connectivity index is 2.13. The fourth-order valence-electron chi connectivity index (χ4n) is 2.27. The Bertz CT molecular complexity index is 465. The molecule has 2 atom stereocenters. The van der Waals surface area contributed by atoms with Gasteiger partial charge in [-0.15, -0.1) is 0 Å². The predicted molar refractivity (Wildman–Crippen MR) is 76.8 cm³/mol. The summed E-state index contributed by atoms with van der Waals surface area (Å²) in [6.45, 7) is 6.13. The number of anilines is 1. The van der Waals surface area contributed by atoms with Crippen molar-refractivity contribution in [3.63, 3.8) is 0 Å². The molecule has 0 bridgehead atoms. The van der Waals surface area contributed by atoms with Crippen LogP contribution < -0.4 is 15.4 Å². The molecule has 1 aromatic carbocycles. The fraction of sp³-hybridized carbons (Fsp3) is 0.500. The summed E-state index contributed by atoms with van der Waals surface area (Å²) in [7, 11) is 0. The van der Waals surface area contributed by atoms with E-state index in [1.54, 1.807) is 18.2 Å². The van der Waals surface area contributed by atoms with E-state index in [-0.39, 0.29) is 11.8 Å². The van der Waals surface area contributed by atoms with E-state index < -0.39 is 0 Å². The summed E-state index contributed by atoms with van der Waals surface area (Å²) in [6.07, 6.45) is 0. The summed E-state index contributed by atoms with van der Waals surface area (Å²) in [5.41, 5.74) is 0.637. The van der Waals surface area contributed by atoms with E-state index in [4.69, 9.17) is 16.3 Å². The van der Waals surface area contributed by atoms with Crippen LogP contribution in [0.25, 0.3) is 0 Å². The highest BCUT2D eigenvalue weighted by atomic mass is 35.5. The Labute approximate surface area is 118 Å². The van der Waals surface area contributed by atoms with E-state index in [9.17, 15) is 4.79 Å². The van der Waals surface area contributed by atoms with Gasteiger partial charge in [0.2, 0.25) is 5.91 Å². The molecule has 2 N–H and O–H groups in total. The third-order valence-corrected chi connectivity index (χ3v) is 3.59. The minimum atomic E-state index is -0.00606. The van der Waals surface area contributed by atoms with E-state index in [2.05, 4.69) is 17.6 Å². The van der Waals surface area contributed by atoms with Crippen LogP contribution in [0, 0.1) is 11.8 Å². The van der Waals surface area contributed by atoms with E-state index in [0.717, 1.165) is 13.1 Å². The number of hydrogen-bond acceptors (Lipinski definition) is 3. The zero-order valence-electron chi connectivity index (χ0n) is 11.2. The van der Waals surface area contributed by atoms with Gasteiger partial charge in [0, 0.05) is 11.6 Å². The van der Waals surface area contributed by atoms with Crippen molar-refractivity contribution in [1.29, 1.82) is 0 Å². The van der Waals surface area contributed by atoms with Gasteiger partial charge in [-0.05, 0) is 37.6 Å². The molecule has 0 radical (unpaired) electrons. The van der Waals surface area contributed by atoms with Gasteiger partial charge in [-0.2, -0.15) is 0 Å². The van der Waals surface area contributed by atoms with Gasteiger partial charge in [-0.1, -0.05) is 18.5 Å². The molecule has 0 saturated carbocycles. The van der Waals surface area contributed by atoms with Crippen molar-refractivity contribution in [2.75, 3.05) is 25.0 Å². The monoisotopic (exact) mass is 282 g/mol. The molecule has 1 heterocycles. The van der Waals surface area contributed by atoms with Gasteiger partial charge in [0.1, 0.15) is 5.75 Å². The minimum absolute atomic E-state index is 0.00606. The number of rotatable bonds is 4. The molecule has 1 saturated heterocycles. The lowest BCUT2D eigenvalue weighted by Crippen LogP contribution is -2.28. The molecule has 19 heavy (non-hydrogen) atoms. The molecular weight excluding hydrogens is 264 g/mol. The lowest BCUT2D eigenvalue weighted by molar-refractivity contribution is -0.120. The van der Waals surface area contributed by atoms with E-state index in [1.807, 2.05) is 6.92 Å². The Morgan fingerprint density at radius 2 is 2.32 bits per heavy atom. The first-order valence-electron chi connectivity index (χ1n) is 6.55. The summed E-state index contributed by atoms with van der Waals surface area (Å²) in [5, 5.41) is 6.72. The first-order valence-corrected chi connectivity index (χ1v) is 6.93. The lowest BCUT2D eigenvalue weighted by Gasteiger charge is -2.16. The number of halogens is 1. The van der Waals surface area contributed by atoms with Gasteiger partial charge < -0.3 is 15.4 Å². The van der Waals surface area contributed by atoms with Gasteiger partial charge >= 0.3 is 0 Å². The molecule has 1 aromatic rings. The molecular formula is C14H19ClN2O2. The van der Waals surface area contributed by atoms with Crippen molar-refractivity contribution < 1.29 is 9.53 Å². The van der Waals surface area contributed by atoms with Crippen LogP contribution in [0.3, 0.4) is 0 Å². The van der Waals surface area contributed by atoms with Crippen LogP contribution in [0.2, 0.25) is 5.02 Å². The van der Waals surface area contributed by atoms with E-state index in [0.29, 0.717) is 29.0 Å². The van der Waals surface area contributed by atoms with Crippen LogP contribution in [-0.2, 0) is 4.79 Å². The predicted octanol–water partition coefficient (Wildman–Crippen LogP) is 2.53. The Morgan fingerprint density at radius 3 is 2.95 bits per heavy atom. The molecule has 4 nitrogen and oxygen atoms in total. The molecule has 0 aromatic heterocycles. The molecule has 2 unspecified atom stereocenters. The van der Waals surface area contributed by atoms with Crippen LogP contribution in [0.4, 0.5) is 5.69 Å². The van der Waals surface area contributed by atoms with Gasteiger partial charge in [0.15, 0.2) is 0 Å². The molecule has 0 spiro atoms. The number of carbonyl (C=O) groups is 1. The third kappa shape index (κ3) is 3.39. The van der Waals surface area contributed by atoms with Crippen molar-refractivity contribution in [3.05, 3.63) is 23.2 Å². The van der Waals surface area contributed by atoms with Crippen LogP contribution in [0.15, 0.2) is 18.2 Å². The molecule has 1 aliphatic heterocycles. The number of hydrogen-bond donors (Lipinski definition) is 2. The Kier molecular flexibility index (Phi) is 4.66. The SMILES string of the molecule is CCOc1ccc(Cl)cc1NC(=O)C1CNCC1C. The van der Waals surface area contributed by atoms with Crippen LogP contribution in [0.5, 0.6) is 5.75 Å². The molecule has 1 amide bonds. The molecule has 1 fully saturated rings. The highest BCUT2D eigenvalue weighted by Gasteiger charge is 2.29. The quantitative estimate of drug-likeness (QED) is 0.892. The Morgan fingerprint density at radius 1 is 1.53 bits per heavy atom. The standard InChI is InChI=1S/C14H19ClN2O2/c1-3-19-13-5-4-10(15)6-12(13)17-14(18)11-8-16-7-9(11)2/h4-6,9,11,16H,3,7-8H2,1-2H3,(H,17,18). The van der Waals surface area contributed by atoms with Crippen LogP contribution >= 0.6 is 11.6 Å². The second-order valence-corrected chi connectivity index (χ2v) is 5.24. The van der Waals surface area contributed by atoms with Crippen molar-refractivity contribution in [2.24, 2.45) is 11.8 Å². The molecule has 5 heteroatoms. The van der Waals surface area contributed by atoms with Crippen molar-refractivity contribution in [1.82, 2.24) is 5.32 Å². The first kappa shape index (κ1) is 14.2. The van der Waals surface area contributed by atoms with Gasteiger partial charge in [0.05, 0.1) is 18.2 Å². The van der Waals surface area contributed by atoms with Crippen LogP contribution in [-0.4, -0.2) is 25.6 Å². The van der Waals surface area contributed by atoms with Crippen molar-refractivity contribution >= 4 is 23.2 Å². The second kappa shape index (κ2) is 6.26. The van der Waals surface area contributed by atoms with Crippen LogP contribution in [0.1, 0.15) is 13.8 Å². The highest BCUT2D eigenvalue weighted by Crippen LogP contribution is 2.29. The molecule has 2 rings (SSSR count). The smallest absolute Gasteiger partial charge is 0.229 e. The van der Waals surface area contributed by atoms with E-state index >= 15 is 0 Å². The average Bonchev–Trinajstić information content (AvgIpc) is 2.79. The first-order chi connectivity index (χ1) is 9.11. The maximum Gasteiger partial charge on any atom is 0.229 e. The number of nitrogens with one attached hydrogen (secondary N) is 2. The summed E-state index contributed by atoms with van der Waals surface area (Å²) < 4.78 is 5.49.